The van der Waals surface area contributed by atoms with Crippen molar-refractivity contribution in [3.8, 4) is 50.6 Å². The number of aryl methyl sites for hydroxylation is 2. The molecule has 4 aromatic carbocycles. The predicted octanol–water partition coefficient (Wildman–Crippen LogP) is 11.0. The van der Waals surface area contributed by atoms with Crippen molar-refractivity contribution < 1.29 is 37.4 Å². The SMILES string of the molecule is C=CC(=O)N1CCN(c2nc(=O)n3c4c(c(-c5c(C)ccc6[nH]c(=O)n(C)c56)c(Cl)cc24)OCC3CN2CCCCC2)[C@@H](C)C1.C=CC(=O)N1CCN(c2nc(=O)n3c4c(c(-c5c(F)ccnc5N)c(Cl)cc24)OCC3CC2CCC2)[C@@H](C)C1.C=CC(=O)N1CCN(c2nc(=O)n3c4c(c(-c5c(F)ccnc5NC)c(Cl)cc24)OCC3CN(C)C)[C@@H](C)C1. The van der Waals surface area contributed by atoms with Crippen LogP contribution in [0.5, 0.6) is 17.2 Å². The number of aromatic nitrogens is 10. The molecule has 0 spiro atoms. The van der Waals surface area contributed by atoms with Crippen molar-refractivity contribution in [3.63, 3.8) is 0 Å². The molecule has 3 unspecified atom stereocenters. The van der Waals surface area contributed by atoms with Gasteiger partial charge in [0.05, 0.1) is 83.0 Å². The third-order valence-electron chi connectivity index (χ3n) is 25.2. The van der Waals surface area contributed by atoms with Crippen LogP contribution in [0.3, 0.4) is 0 Å². The summed E-state index contributed by atoms with van der Waals surface area (Å²) in [5.41, 5.74) is 11.0. The molecule has 35 heteroatoms. The molecule has 13 heterocycles. The van der Waals surface area contributed by atoms with Gasteiger partial charge in [-0.15, -0.1) is 0 Å². The van der Waals surface area contributed by atoms with E-state index in [-0.39, 0.29) is 111 Å². The lowest BCUT2D eigenvalue weighted by molar-refractivity contribution is -0.127. The summed E-state index contributed by atoms with van der Waals surface area (Å²) >= 11 is 20.9. The maximum absolute atomic E-state index is 15.3. The maximum atomic E-state index is 15.3. The van der Waals surface area contributed by atoms with Gasteiger partial charge in [0, 0.05) is 144 Å². The van der Waals surface area contributed by atoms with Gasteiger partial charge in [-0.2, -0.15) is 15.0 Å². The summed E-state index contributed by atoms with van der Waals surface area (Å²) in [6.07, 6.45) is 14.3. The van der Waals surface area contributed by atoms with Crippen LogP contribution in [-0.4, -0.2) is 235 Å². The number of hydrogen-bond donors (Lipinski definition) is 3. The lowest BCUT2D eigenvalue weighted by Gasteiger charge is -2.41. The fourth-order valence-electron chi connectivity index (χ4n) is 19.1. The van der Waals surface area contributed by atoms with Gasteiger partial charge < -0.3 is 69.4 Å². The highest BCUT2D eigenvalue weighted by molar-refractivity contribution is 6.37. The number of amides is 3. The van der Waals surface area contributed by atoms with Gasteiger partial charge in [0.25, 0.3) is 0 Å². The van der Waals surface area contributed by atoms with Crippen molar-refractivity contribution >= 4 is 125 Å². The number of likely N-dealkylation sites (tertiary alicyclic amines) is 1. The Morgan fingerprint density at radius 1 is 0.569 bits per heavy atom. The molecule has 646 valence electrons. The van der Waals surface area contributed by atoms with E-state index in [1.807, 2.05) is 74.7 Å². The minimum absolute atomic E-state index is 0.0208. The number of piperazine rings is 3. The molecule has 6 atom stereocenters. The van der Waals surface area contributed by atoms with Crippen LogP contribution in [0.15, 0.2) is 112 Å². The minimum atomic E-state index is -0.583. The van der Waals surface area contributed by atoms with Crippen LogP contribution < -0.4 is 62.7 Å². The third kappa shape index (κ3) is 15.5. The van der Waals surface area contributed by atoms with E-state index in [0.717, 1.165) is 67.2 Å². The molecule has 7 aliphatic heterocycles. The molecule has 30 nitrogen and oxygen atoms in total. The number of piperidine rings is 1. The average molecular weight is 1740 g/mol. The van der Waals surface area contributed by atoms with E-state index in [4.69, 9.17) is 59.7 Å². The normalized spacial score (nSPS) is 20.1. The van der Waals surface area contributed by atoms with Crippen LogP contribution in [0.2, 0.25) is 15.1 Å². The van der Waals surface area contributed by atoms with Gasteiger partial charge in [0.1, 0.15) is 60.5 Å². The number of nitrogens with two attached hydrogens (primary N) is 1. The number of benzene rings is 4. The van der Waals surface area contributed by atoms with E-state index in [1.54, 1.807) is 59.2 Å². The molecule has 18 rings (SSSR count). The number of nitrogens with zero attached hydrogens (tertiary/aromatic N) is 17. The zero-order valence-electron chi connectivity index (χ0n) is 70.0. The number of halogens is 5. The second-order valence-corrected chi connectivity index (χ2v) is 34.5. The van der Waals surface area contributed by atoms with Gasteiger partial charge >= 0.3 is 22.8 Å². The highest BCUT2D eigenvalue weighted by Crippen LogP contribution is 2.54. The standard InChI is InChI=1S/C33H38ClN7O4.C28H30ClFN6O3.C27H31ClFN7O3/c1-5-25(42)39-13-14-40(20(3)16-39)31-22-15-23(34)27(26-19(2)9-10-24-29(26)37(4)32(43)35-24)30-28(22)41(33(44)36-31)21(18-45-30)17-38-11-7-6-8-12-38;1-3-21(37)34-9-10-35(15(2)13-34)27-18-12-19(29)22(23-20(30)7-8-32-26(23)31)25-24(18)36(28(38)33-27)17(14-39-25)11-16-5-4-6-16;1-6-20(37)34-9-10-35(15(2)12-34)26-17-11-18(28)21(22-19(29)7-8-31-25(22)30-3)24-23(17)36(27(38)32-26)16(14-39-24)13-33(4)5/h5,9-10,15,20-21H,1,6-8,11-14,16-18H2,2-4H3,(H,35,43);3,7-8,12,15-17H,1,4-6,9-11,13-14H2,2H3,(H2,31,32);6-8,11,15-16H,1,9-10,12-14H2,2-5H3,(H,30,31)/t20-,21?;15-,17?;15-,16?/m000/s1. The quantitative estimate of drug-likeness (QED) is 0.0757. The number of likely N-dealkylation sites (N-methyl/N-ethyl adjacent to an activating group) is 1. The molecule has 1 aliphatic carbocycles. The second kappa shape index (κ2) is 34.7. The van der Waals surface area contributed by atoms with E-state index in [0.29, 0.717) is 174 Å². The monoisotopic (exact) mass is 1740 g/mol. The fraction of sp³-hybridized carbons (Fsp3) is 0.432. The van der Waals surface area contributed by atoms with Crippen molar-refractivity contribution in [3.05, 3.63) is 167 Å². The van der Waals surface area contributed by atoms with Gasteiger partial charge in [-0.1, -0.05) is 86.3 Å². The van der Waals surface area contributed by atoms with E-state index in [1.165, 1.54) is 55.6 Å². The number of nitrogen functional groups attached to an aromatic ring is 1. The van der Waals surface area contributed by atoms with Gasteiger partial charge in [-0.05, 0) is 140 Å². The minimum Gasteiger partial charge on any atom is -0.488 e. The second-order valence-electron chi connectivity index (χ2n) is 33.2. The summed E-state index contributed by atoms with van der Waals surface area (Å²) in [6, 6.07) is 10.5. The average Bonchev–Trinajstić information content (AvgIpc) is 0.905. The van der Waals surface area contributed by atoms with Crippen LogP contribution in [0.25, 0.3) is 77.1 Å². The lowest BCUT2D eigenvalue weighted by Crippen LogP contribution is -2.54. The first kappa shape index (κ1) is 85.1. The smallest absolute Gasteiger partial charge is 0.350 e. The van der Waals surface area contributed by atoms with E-state index < -0.39 is 23.0 Å². The Kier molecular flexibility index (Phi) is 24.0. The van der Waals surface area contributed by atoms with Gasteiger partial charge in [-0.3, -0.25) is 32.7 Å². The molecule has 5 fully saturated rings. The lowest BCUT2D eigenvalue weighted by atomic mass is 9.80. The Morgan fingerprint density at radius 3 is 1.44 bits per heavy atom. The van der Waals surface area contributed by atoms with Gasteiger partial charge in [0.15, 0.2) is 17.2 Å². The number of H-pyrrole nitrogens is 1. The van der Waals surface area contributed by atoms with E-state index in [2.05, 4.69) is 59.8 Å². The van der Waals surface area contributed by atoms with Crippen LogP contribution in [0.4, 0.5) is 37.9 Å². The number of carbonyl (C=O) groups is 3. The molecule has 123 heavy (non-hydrogen) atoms. The molecular formula is C88H99Cl3F2N20O10. The third-order valence-corrected chi connectivity index (χ3v) is 26.1. The number of imidazole rings is 1. The van der Waals surface area contributed by atoms with Crippen LogP contribution in [-0.2, 0) is 21.4 Å². The number of aromatic amines is 1. The Bertz CT molecular complexity index is 6200. The first-order valence-electron chi connectivity index (χ1n) is 41.7. The Labute approximate surface area is 722 Å². The number of rotatable bonds is 16. The number of anilines is 5. The molecule has 1 saturated carbocycles. The molecule has 4 N–H and O–H groups in total. The first-order chi connectivity index (χ1) is 59.1. The number of carbonyl (C=O) groups excluding carboxylic acids is 3. The number of hydrogen-bond acceptors (Lipinski definition) is 22. The van der Waals surface area contributed by atoms with E-state index in [9.17, 15) is 33.6 Å². The molecule has 0 bridgehead atoms. The number of ether oxygens (including phenoxy) is 3. The highest BCUT2D eigenvalue weighted by atomic mass is 35.5. The first-order valence-corrected chi connectivity index (χ1v) is 42.8. The van der Waals surface area contributed by atoms with Crippen molar-refractivity contribution in [1.29, 1.82) is 0 Å². The summed E-state index contributed by atoms with van der Waals surface area (Å²) in [5, 5.41) is 5.81. The van der Waals surface area contributed by atoms with Crippen molar-refractivity contribution in [2.75, 3.05) is 152 Å². The molecule has 8 aliphatic rings. The number of nitrogens with one attached hydrogen (secondary N) is 2. The number of pyridine rings is 2. The predicted molar refractivity (Wildman–Crippen MR) is 476 cm³/mol. The highest BCUT2D eigenvalue weighted by Gasteiger charge is 2.42. The zero-order valence-corrected chi connectivity index (χ0v) is 72.3. The topological polar surface area (TPSA) is 311 Å². The molecule has 4 saturated heterocycles. The molecule has 6 aromatic heterocycles. The molecule has 0 radical (unpaired) electrons. The van der Waals surface area contributed by atoms with Crippen LogP contribution >= 0.6 is 34.8 Å². The largest absolute Gasteiger partial charge is 0.488 e. The molecule has 3 amide bonds. The van der Waals surface area contributed by atoms with Crippen molar-refractivity contribution in [2.24, 2.45) is 13.0 Å². The zero-order chi connectivity index (χ0) is 87.0. The van der Waals surface area contributed by atoms with Crippen LogP contribution in [0, 0.1) is 24.5 Å². The summed E-state index contributed by atoms with van der Waals surface area (Å²) < 4.78 is 56.5. The summed E-state index contributed by atoms with van der Waals surface area (Å²) in [4.78, 5) is 132. The van der Waals surface area contributed by atoms with Crippen LogP contribution in [0.1, 0.15) is 89.4 Å². The van der Waals surface area contributed by atoms with Gasteiger partial charge in [-0.25, -0.2) is 37.9 Å². The summed E-state index contributed by atoms with van der Waals surface area (Å²) in [5.74, 6) is 1.88. The molecule has 10 aromatic rings. The van der Waals surface area contributed by atoms with Crippen molar-refractivity contribution in [2.45, 2.75) is 109 Å². The Balaban J connectivity index is 0.000000137. The number of fused-ring (bicyclic) bond motifs is 1. The van der Waals surface area contributed by atoms with Crippen molar-refractivity contribution in [1.82, 2.24) is 72.7 Å². The van der Waals surface area contributed by atoms with E-state index >= 15 is 8.78 Å². The maximum Gasteiger partial charge on any atom is 0.350 e. The summed E-state index contributed by atoms with van der Waals surface area (Å²) in [7, 11) is 7.22. The fourth-order valence-corrected chi connectivity index (χ4v) is 19.9. The Morgan fingerprint density at radius 2 is 1.00 bits per heavy atom. The summed E-state index contributed by atoms with van der Waals surface area (Å²) in [6.45, 7) is 26.9. The molecular weight excluding hydrogens is 1640 g/mol. The van der Waals surface area contributed by atoms with Gasteiger partial charge in [0.2, 0.25) is 17.7 Å². The Hall–Kier alpha value is -11.5.